The number of anilines is 1. The maximum atomic E-state index is 12.7. The molecule has 0 aliphatic carbocycles. The monoisotopic (exact) mass is 478 g/mol. The first-order valence-electron chi connectivity index (χ1n) is 7.70. The topological polar surface area (TPSA) is 75.3 Å². The molecule has 2 rings (SSSR count). The Labute approximate surface area is 171 Å². The number of carbonyl (C=O) groups is 1. The molecule has 1 amide bonds. The molecule has 0 aliphatic heterocycles. The van der Waals surface area contributed by atoms with E-state index in [4.69, 9.17) is 23.2 Å². The fourth-order valence-electron chi connectivity index (χ4n) is 2.25. The molecule has 5 nitrogen and oxygen atoms in total. The molecule has 0 aliphatic rings. The quantitative estimate of drug-likeness (QED) is 0.601. The summed E-state index contributed by atoms with van der Waals surface area (Å²) in [4.78, 5) is 11.2. The summed E-state index contributed by atoms with van der Waals surface area (Å²) < 4.78 is 28.5. The van der Waals surface area contributed by atoms with Gasteiger partial charge in [0, 0.05) is 22.6 Å². The Morgan fingerprint density at radius 2 is 1.69 bits per heavy atom. The van der Waals surface area contributed by atoms with Gasteiger partial charge in [-0.1, -0.05) is 58.2 Å². The Bertz CT molecular complexity index is 895. The van der Waals surface area contributed by atoms with Crippen LogP contribution in [0.15, 0.2) is 45.8 Å². The zero-order chi connectivity index (χ0) is 19.5. The molecule has 140 valence electrons. The molecular formula is C17H17BrCl2N2O3S. The van der Waals surface area contributed by atoms with Gasteiger partial charge >= 0.3 is 0 Å². The first kappa shape index (κ1) is 21.2. The van der Waals surface area contributed by atoms with Crippen molar-refractivity contribution < 1.29 is 13.2 Å². The summed E-state index contributed by atoms with van der Waals surface area (Å²) in [7, 11) is -3.92. The highest BCUT2D eigenvalue weighted by molar-refractivity contribution is 9.10. The van der Waals surface area contributed by atoms with E-state index < -0.39 is 16.1 Å². The molecule has 0 fully saturated rings. The van der Waals surface area contributed by atoms with E-state index in [9.17, 15) is 13.2 Å². The van der Waals surface area contributed by atoms with Crippen LogP contribution in [0.1, 0.15) is 31.9 Å². The van der Waals surface area contributed by atoms with Crippen LogP contribution in [0, 0.1) is 0 Å². The molecule has 0 heterocycles. The SMILES string of the molecule is CCC(=O)Nc1ccc(C(C)NS(=O)(=O)c2c(Cl)cc(Br)cc2Cl)cc1. The second-order valence-corrected chi connectivity index (χ2v) is 8.95. The Hall–Kier alpha value is -1.12. The van der Waals surface area contributed by atoms with Crippen LogP contribution >= 0.6 is 39.1 Å². The first-order chi connectivity index (χ1) is 12.1. The van der Waals surface area contributed by atoms with Crippen LogP contribution < -0.4 is 10.0 Å². The van der Waals surface area contributed by atoms with E-state index >= 15 is 0 Å². The van der Waals surface area contributed by atoms with Gasteiger partial charge in [0.25, 0.3) is 0 Å². The van der Waals surface area contributed by atoms with Crippen LogP contribution in [-0.2, 0) is 14.8 Å². The number of hydrogen-bond donors (Lipinski definition) is 2. The van der Waals surface area contributed by atoms with E-state index in [2.05, 4.69) is 26.0 Å². The second kappa shape index (κ2) is 8.71. The zero-order valence-corrected chi connectivity index (χ0v) is 17.9. The lowest BCUT2D eigenvalue weighted by Crippen LogP contribution is -2.27. The molecule has 0 spiro atoms. The lowest BCUT2D eigenvalue weighted by Gasteiger charge is -2.17. The Kier molecular flexibility index (Phi) is 7.10. The van der Waals surface area contributed by atoms with Gasteiger partial charge in [0.2, 0.25) is 15.9 Å². The molecule has 26 heavy (non-hydrogen) atoms. The molecule has 0 saturated heterocycles. The van der Waals surface area contributed by atoms with Crippen molar-refractivity contribution in [3.63, 3.8) is 0 Å². The number of amides is 1. The van der Waals surface area contributed by atoms with E-state index in [1.807, 2.05) is 0 Å². The molecular weight excluding hydrogens is 463 g/mol. The van der Waals surface area contributed by atoms with Crippen LogP contribution in [0.4, 0.5) is 5.69 Å². The summed E-state index contributed by atoms with van der Waals surface area (Å²) >= 11 is 15.3. The van der Waals surface area contributed by atoms with Crippen molar-refractivity contribution in [1.29, 1.82) is 0 Å². The fraction of sp³-hybridized carbons (Fsp3) is 0.235. The van der Waals surface area contributed by atoms with Gasteiger partial charge in [-0.3, -0.25) is 4.79 Å². The normalized spacial score (nSPS) is 12.7. The maximum absolute atomic E-state index is 12.7. The minimum absolute atomic E-state index is 0.0294. The number of carbonyl (C=O) groups excluding carboxylic acids is 1. The van der Waals surface area contributed by atoms with Crippen LogP contribution in [-0.4, -0.2) is 14.3 Å². The smallest absolute Gasteiger partial charge is 0.244 e. The molecule has 0 saturated carbocycles. The molecule has 1 unspecified atom stereocenters. The van der Waals surface area contributed by atoms with Gasteiger partial charge in [-0.25, -0.2) is 13.1 Å². The number of nitrogens with one attached hydrogen (secondary N) is 2. The summed E-state index contributed by atoms with van der Waals surface area (Å²) in [6, 6.07) is 9.33. The largest absolute Gasteiger partial charge is 0.326 e. The number of halogens is 3. The van der Waals surface area contributed by atoms with Crippen LogP contribution in [0.3, 0.4) is 0 Å². The van der Waals surface area contributed by atoms with Crippen molar-refractivity contribution in [3.05, 3.63) is 56.5 Å². The van der Waals surface area contributed by atoms with Gasteiger partial charge in [0.15, 0.2) is 0 Å². The van der Waals surface area contributed by atoms with Gasteiger partial charge in [-0.2, -0.15) is 0 Å². The Morgan fingerprint density at radius 1 is 1.15 bits per heavy atom. The first-order valence-corrected chi connectivity index (χ1v) is 10.7. The zero-order valence-electron chi connectivity index (χ0n) is 14.0. The lowest BCUT2D eigenvalue weighted by molar-refractivity contribution is -0.115. The minimum Gasteiger partial charge on any atom is -0.326 e. The van der Waals surface area contributed by atoms with Crippen molar-refractivity contribution >= 4 is 60.7 Å². The van der Waals surface area contributed by atoms with Gasteiger partial charge in [0.1, 0.15) is 4.90 Å². The predicted molar refractivity (Wildman–Crippen MR) is 108 cm³/mol. The van der Waals surface area contributed by atoms with E-state index in [0.717, 1.165) is 5.56 Å². The molecule has 0 radical (unpaired) electrons. The maximum Gasteiger partial charge on any atom is 0.244 e. The Morgan fingerprint density at radius 3 is 2.19 bits per heavy atom. The predicted octanol–water partition coefficient (Wildman–Crippen LogP) is 5.14. The molecule has 2 aromatic carbocycles. The molecule has 9 heteroatoms. The van der Waals surface area contributed by atoms with E-state index in [1.54, 1.807) is 38.1 Å². The highest BCUT2D eigenvalue weighted by atomic mass is 79.9. The van der Waals surface area contributed by atoms with Gasteiger partial charge in [-0.05, 0) is 36.8 Å². The van der Waals surface area contributed by atoms with E-state index in [0.29, 0.717) is 16.6 Å². The molecule has 1 atom stereocenters. The van der Waals surface area contributed by atoms with Crippen molar-refractivity contribution in [2.75, 3.05) is 5.32 Å². The summed E-state index contributed by atoms with van der Waals surface area (Å²) in [5, 5.41) is 2.79. The second-order valence-electron chi connectivity index (χ2n) is 5.57. The van der Waals surface area contributed by atoms with Crippen molar-refractivity contribution in [1.82, 2.24) is 4.72 Å². The summed E-state index contributed by atoms with van der Waals surface area (Å²) in [6.07, 6.45) is 0.382. The average Bonchev–Trinajstić information content (AvgIpc) is 2.53. The third-order valence-corrected chi connectivity index (χ3v) is 6.50. The number of hydrogen-bond acceptors (Lipinski definition) is 3. The summed E-state index contributed by atoms with van der Waals surface area (Å²) in [6.45, 7) is 3.47. The molecule has 2 aromatic rings. The molecule has 2 N–H and O–H groups in total. The van der Waals surface area contributed by atoms with Gasteiger partial charge < -0.3 is 5.32 Å². The van der Waals surface area contributed by atoms with Crippen LogP contribution in [0.25, 0.3) is 0 Å². The van der Waals surface area contributed by atoms with Gasteiger partial charge in [-0.15, -0.1) is 0 Å². The number of rotatable bonds is 6. The van der Waals surface area contributed by atoms with E-state index in [1.165, 1.54) is 12.1 Å². The summed E-state index contributed by atoms with van der Waals surface area (Å²) in [5.74, 6) is -0.0916. The average molecular weight is 480 g/mol. The van der Waals surface area contributed by atoms with Crippen LogP contribution in [0.5, 0.6) is 0 Å². The standard InChI is InChI=1S/C17H17BrCl2N2O3S/c1-3-16(23)21-13-6-4-11(5-7-13)10(2)22-26(24,25)17-14(19)8-12(18)9-15(17)20/h4-10,22H,3H2,1-2H3,(H,21,23). The van der Waals surface area contributed by atoms with Gasteiger partial charge in [0.05, 0.1) is 10.0 Å². The molecule has 0 bridgehead atoms. The summed E-state index contributed by atoms with van der Waals surface area (Å²) in [5.41, 5.74) is 1.38. The van der Waals surface area contributed by atoms with Crippen molar-refractivity contribution in [2.24, 2.45) is 0 Å². The highest BCUT2D eigenvalue weighted by Gasteiger charge is 2.24. The van der Waals surface area contributed by atoms with Crippen molar-refractivity contribution in [3.8, 4) is 0 Å². The third kappa shape index (κ3) is 5.20. The fourth-order valence-corrected chi connectivity index (χ4v) is 5.42. The highest BCUT2D eigenvalue weighted by Crippen LogP contribution is 2.33. The van der Waals surface area contributed by atoms with E-state index in [-0.39, 0.29) is 20.8 Å². The van der Waals surface area contributed by atoms with Crippen LogP contribution in [0.2, 0.25) is 10.0 Å². The number of sulfonamides is 1. The lowest BCUT2D eigenvalue weighted by atomic mass is 10.1. The Balaban J connectivity index is 2.21. The third-order valence-electron chi connectivity index (χ3n) is 3.58. The molecule has 0 aromatic heterocycles. The van der Waals surface area contributed by atoms with Crippen molar-refractivity contribution in [2.45, 2.75) is 31.2 Å². The minimum atomic E-state index is -3.92. The number of benzene rings is 2.